The Morgan fingerprint density at radius 1 is 1.25 bits per heavy atom. The third-order valence-corrected chi connectivity index (χ3v) is 2.62. The highest BCUT2D eigenvalue weighted by Crippen LogP contribution is 2.22. The number of rotatable bonds is 2. The Bertz CT molecular complexity index is 549. The van der Waals surface area contributed by atoms with Gasteiger partial charge in [0.1, 0.15) is 11.6 Å². The number of benzene rings is 1. The lowest BCUT2D eigenvalue weighted by Crippen LogP contribution is -2.04. The van der Waals surface area contributed by atoms with Crippen LogP contribution < -0.4 is 0 Å². The van der Waals surface area contributed by atoms with Gasteiger partial charge in [-0.25, -0.2) is 8.78 Å². The molecular weight excluding hydrogens is 282 g/mol. The van der Waals surface area contributed by atoms with Gasteiger partial charge < -0.3 is 4.42 Å². The number of carbonyl (C=O) groups excluding carboxylic acids is 1. The molecular formula is C11H5BrF2O2. The second-order valence-electron chi connectivity index (χ2n) is 3.05. The Morgan fingerprint density at radius 2 is 2.00 bits per heavy atom. The Kier molecular flexibility index (Phi) is 2.87. The van der Waals surface area contributed by atoms with E-state index in [2.05, 4.69) is 15.9 Å². The van der Waals surface area contributed by atoms with E-state index < -0.39 is 17.4 Å². The molecule has 0 fully saturated rings. The second kappa shape index (κ2) is 4.17. The Morgan fingerprint density at radius 3 is 2.56 bits per heavy atom. The van der Waals surface area contributed by atoms with Crippen molar-refractivity contribution in [3.05, 3.63) is 58.0 Å². The van der Waals surface area contributed by atoms with E-state index in [1.165, 1.54) is 12.3 Å². The van der Waals surface area contributed by atoms with Crippen LogP contribution in [-0.4, -0.2) is 5.78 Å². The van der Waals surface area contributed by atoms with E-state index in [9.17, 15) is 13.6 Å². The third-order valence-electron chi connectivity index (χ3n) is 2.00. The fourth-order valence-corrected chi connectivity index (χ4v) is 1.63. The van der Waals surface area contributed by atoms with Crippen LogP contribution in [0.15, 0.2) is 39.4 Å². The minimum Gasteiger partial charge on any atom is -0.460 e. The lowest BCUT2D eigenvalue weighted by molar-refractivity contribution is 0.100. The van der Waals surface area contributed by atoms with Gasteiger partial charge in [0.15, 0.2) is 5.76 Å². The van der Waals surface area contributed by atoms with Crippen molar-refractivity contribution >= 4 is 21.7 Å². The summed E-state index contributed by atoms with van der Waals surface area (Å²) in [4.78, 5) is 11.8. The van der Waals surface area contributed by atoms with E-state index in [0.717, 1.165) is 12.1 Å². The molecule has 2 nitrogen and oxygen atoms in total. The second-order valence-corrected chi connectivity index (χ2v) is 3.91. The standard InChI is InChI=1S/C11H5BrF2O2/c12-8-3-4-16-11(8)10(15)7-2-1-6(13)5-9(7)14/h1-5H. The monoisotopic (exact) mass is 286 g/mol. The van der Waals surface area contributed by atoms with Gasteiger partial charge in [-0.3, -0.25) is 4.79 Å². The zero-order valence-electron chi connectivity index (χ0n) is 7.84. The summed E-state index contributed by atoms with van der Waals surface area (Å²) in [5.74, 6) is -2.28. The van der Waals surface area contributed by atoms with Gasteiger partial charge in [0.2, 0.25) is 5.78 Å². The molecule has 2 rings (SSSR count). The van der Waals surface area contributed by atoms with E-state index in [4.69, 9.17) is 4.42 Å². The third kappa shape index (κ3) is 1.90. The molecule has 0 atom stereocenters. The van der Waals surface area contributed by atoms with Crippen LogP contribution in [0, 0.1) is 11.6 Å². The van der Waals surface area contributed by atoms with Gasteiger partial charge in [0, 0.05) is 6.07 Å². The molecule has 0 saturated carbocycles. The summed E-state index contributed by atoms with van der Waals surface area (Å²) in [7, 11) is 0. The Labute approximate surface area is 98.0 Å². The van der Waals surface area contributed by atoms with Crippen LogP contribution in [0.3, 0.4) is 0 Å². The predicted octanol–water partition coefficient (Wildman–Crippen LogP) is 3.55. The van der Waals surface area contributed by atoms with Crippen molar-refractivity contribution in [2.75, 3.05) is 0 Å². The molecule has 82 valence electrons. The average molecular weight is 287 g/mol. The molecule has 0 aliphatic heterocycles. The van der Waals surface area contributed by atoms with Gasteiger partial charge in [-0.2, -0.15) is 0 Å². The number of carbonyl (C=O) groups is 1. The first-order valence-corrected chi connectivity index (χ1v) is 5.11. The molecule has 0 saturated heterocycles. The molecule has 1 aromatic heterocycles. The van der Waals surface area contributed by atoms with Gasteiger partial charge >= 0.3 is 0 Å². The molecule has 2 aromatic rings. The number of hydrogen-bond donors (Lipinski definition) is 0. The summed E-state index contributed by atoms with van der Waals surface area (Å²) in [5.41, 5.74) is -0.225. The van der Waals surface area contributed by atoms with E-state index in [1.54, 1.807) is 0 Å². The van der Waals surface area contributed by atoms with Crippen molar-refractivity contribution < 1.29 is 18.0 Å². The highest BCUT2D eigenvalue weighted by atomic mass is 79.9. The first kappa shape index (κ1) is 11.0. The summed E-state index contributed by atoms with van der Waals surface area (Å²) >= 11 is 3.09. The van der Waals surface area contributed by atoms with Crippen LogP contribution in [0.2, 0.25) is 0 Å². The molecule has 0 radical (unpaired) electrons. The minimum absolute atomic E-state index is 0.00879. The number of ketones is 1. The fourth-order valence-electron chi connectivity index (χ4n) is 1.25. The van der Waals surface area contributed by atoms with Gasteiger partial charge in [0.25, 0.3) is 0 Å². The van der Waals surface area contributed by atoms with Crippen LogP contribution >= 0.6 is 15.9 Å². The Balaban J connectivity index is 2.46. The maximum atomic E-state index is 13.3. The fraction of sp³-hybridized carbons (Fsp3) is 0. The van der Waals surface area contributed by atoms with Crippen LogP contribution in [0.1, 0.15) is 16.1 Å². The number of hydrogen-bond acceptors (Lipinski definition) is 2. The predicted molar refractivity (Wildman–Crippen MR) is 56.2 cm³/mol. The highest BCUT2D eigenvalue weighted by Gasteiger charge is 2.19. The summed E-state index contributed by atoms with van der Waals surface area (Å²) in [6, 6.07) is 4.29. The van der Waals surface area contributed by atoms with Crippen molar-refractivity contribution in [3.8, 4) is 0 Å². The molecule has 0 spiro atoms. The van der Waals surface area contributed by atoms with Crippen molar-refractivity contribution in [1.82, 2.24) is 0 Å². The van der Waals surface area contributed by atoms with Crippen molar-refractivity contribution in [3.63, 3.8) is 0 Å². The molecule has 0 unspecified atom stereocenters. The van der Waals surface area contributed by atoms with E-state index in [-0.39, 0.29) is 11.3 Å². The maximum Gasteiger partial charge on any atom is 0.232 e. The zero-order valence-corrected chi connectivity index (χ0v) is 9.42. The first-order valence-electron chi connectivity index (χ1n) is 4.32. The zero-order chi connectivity index (χ0) is 11.7. The largest absolute Gasteiger partial charge is 0.460 e. The van der Waals surface area contributed by atoms with Gasteiger partial charge in [-0.15, -0.1) is 0 Å². The van der Waals surface area contributed by atoms with E-state index >= 15 is 0 Å². The summed E-state index contributed by atoms with van der Waals surface area (Å²) in [6.07, 6.45) is 1.30. The van der Waals surface area contributed by atoms with Crippen LogP contribution in [-0.2, 0) is 0 Å². The molecule has 16 heavy (non-hydrogen) atoms. The quantitative estimate of drug-likeness (QED) is 0.791. The highest BCUT2D eigenvalue weighted by molar-refractivity contribution is 9.10. The first-order chi connectivity index (χ1) is 7.59. The van der Waals surface area contributed by atoms with E-state index in [0.29, 0.717) is 10.5 Å². The summed E-state index contributed by atoms with van der Waals surface area (Å²) in [6.45, 7) is 0. The molecule has 0 aliphatic rings. The van der Waals surface area contributed by atoms with Crippen molar-refractivity contribution in [2.45, 2.75) is 0 Å². The molecule has 0 N–H and O–H groups in total. The molecule has 1 heterocycles. The normalized spacial score (nSPS) is 10.4. The lowest BCUT2D eigenvalue weighted by atomic mass is 10.1. The van der Waals surface area contributed by atoms with Crippen molar-refractivity contribution in [2.24, 2.45) is 0 Å². The van der Waals surface area contributed by atoms with Crippen LogP contribution in [0.5, 0.6) is 0 Å². The number of furan rings is 1. The smallest absolute Gasteiger partial charge is 0.232 e. The van der Waals surface area contributed by atoms with Gasteiger partial charge in [0.05, 0.1) is 16.3 Å². The minimum atomic E-state index is -0.909. The lowest BCUT2D eigenvalue weighted by Gasteiger charge is -2.00. The summed E-state index contributed by atoms with van der Waals surface area (Å²) in [5, 5.41) is 0. The molecule has 0 amide bonds. The van der Waals surface area contributed by atoms with Gasteiger partial charge in [-0.1, -0.05) is 0 Å². The number of halogens is 3. The summed E-state index contributed by atoms with van der Waals surface area (Å²) < 4.78 is 31.3. The van der Waals surface area contributed by atoms with Crippen LogP contribution in [0.4, 0.5) is 8.78 Å². The van der Waals surface area contributed by atoms with E-state index in [1.807, 2.05) is 0 Å². The SMILES string of the molecule is O=C(c1ccc(F)cc1F)c1occc1Br. The van der Waals surface area contributed by atoms with Gasteiger partial charge in [-0.05, 0) is 34.1 Å². The molecule has 0 bridgehead atoms. The topological polar surface area (TPSA) is 30.2 Å². The van der Waals surface area contributed by atoms with Crippen molar-refractivity contribution in [1.29, 1.82) is 0 Å². The molecule has 1 aromatic carbocycles. The van der Waals surface area contributed by atoms with Crippen LogP contribution in [0.25, 0.3) is 0 Å². The Hall–Kier alpha value is -1.49. The average Bonchev–Trinajstić information content (AvgIpc) is 2.63. The molecule has 5 heteroatoms. The molecule has 0 aliphatic carbocycles. The maximum absolute atomic E-state index is 13.3.